The van der Waals surface area contributed by atoms with Crippen molar-refractivity contribution in [2.45, 2.75) is 35.5 Å². The summed E-state index contributed by atoms with van der Waals surface area (Å²) in [6.07, 6.45) is 12.2. The SMILES string of the molecule is Nc1nccc(Sc2c[nH]c3nc(N4CCC5(CC4)Cc4ccccc4C5)n4ccnc4c23)c1Cl. The van der Waals surface area contributed by atoms with Gasteiger partial charge in [0.2, 0.25) is 5.95 Å². The second-order valence-corrected chi connectivity index (χ2v) is 11.1. The number of imidazole rings is 1. The second-order valence-electron chi connectivity index (χ2n) is 9.63. The summed E-state index contributed by atoms with van der Waals surface area (Å²) in [4.78, 5) is 21.5. The van der Waals surface area contributed by atoms with E-state index in [9.17, 15) is 0 Å². The van der Waals surface area contributed by atoms with Gasteiger partial charge in [0.25, 0.3) is 0 Å². The van der Waals surface area contributed by atoms with E-state index < -0.39 is 0 Å². The van der Waals surface area contributed by atoms with Crippen molar-refractivity contribution in [2.75, 3.05) is 23.7 Å². The fourth-order valence-corrected chi connectivity index (χ4v) is 6.95. The van der Waals surface area contributed by atoms with Crippen molar-refractivity contribution in [2.24, 2.45) is 5.41 Å². The van der Waals surface area contributed by atoms with Gasteiger partial charge in [0.15, 0.2) is 5.65 Å². The maximum absolute atomic E-state index is 6.40. The highest BCUT2D eigenvalue weighted by Gasteiger charge is 2.40. The quantitative estimate of drug-likeness (QED) is 0.345. The number of halogens is 1. The molecule has 1 saturated heterocycles. The summed E-state index contributed by atoms with van der Waals surface area (Å²) in [5.41, 5.74) is 11.1. The van der Waals surface area contributed by atoms with E-state index >= 15 is 0 Å². The molecule has 1 aromatic carbocycles. The maximum Gasteiger partial charge on any atom is 0.213 e. The summed E-state index contributed by atoms with van der Waals surface area (Å²) in [7, 11) is 0. The van der Waals surface area contributed by atoms with Crippen LogP contribution in [0.5, 0.6) is 0 Å². The highest BCUT2D eigenvalue weighted by Crippen LogP contribution is 2.45. The van der Waals surface area contributed by atoms with Crippen LogP contribution in [0.4, 0.5) is 11.8 Å². The van der Waals surface area contributed by atoms with Crippen molar-refractivity contribution in [3.8, 4) is 0 Å². The van der Waals surface area contributed by atoms with E-state index in [0.29, 0.717) is 16.3 Å². The van der Waals surface area contributed by atoms with E-state index in [1.807, 2.05) is 24.7 Å². The number of rotatable bonds is 3. The molecule has 3 N–H and O–H groups in total. The summed E-state index contributed by atoms with van der Waals surface area (Å²) >= 11 is 7.95. The average Bonchev–Trinajstić information content (AvgIpc) is 3.58. The molecule has 0 unspecified atom stereocenters. The Kier molecular flexibility index (Phi) is 4.76. The molecule has 0 saturated carbocycles. The zero-order valence-corrected chi connectivity index (χ0v) is 20.6. The zero-order valence-electron chi connectivity index (χ0n) is 19.0. The summed E-state index contributed by atoms with van der Waals surface area (Å²) < 4.78 is 2.12. The zero-order chi connectivity index (χ0) is 23.6. The number of hydrogen-bond donors (Lipinski definition) is 2. The summed E-state index contributed by atoms with van der Waals surface area (Å²) in [6, 6.07) is 10.8. The number of nitrogens with zero attached hydrogens (tertiary/aromatic N) is 5. The number of aromatic nitrogens is 5. The summed E-state index contributed by atoms with van der Waals surface area (Å²) in [5.74, 6) is 1.27. The number of fused-ring (bicyclic) bond motifs is 4. The Labute approximate surface area is 211 Å². The summed E-state index contributed by atoms with van der Waals surface area (Å²) in [6.45, 7) is 1.99. The smallest absolute Gasteiger partial charge is 0.213 e. The molecule has 7 nitrogen and oxygen atoms in total. The first-order valence-electron chi connectivity index (χ1n) is 11.8. The Morgan fingerprint density at radius 1 is 1.00 bits per heavy atom. The van der Waals surface area contributed by atoms with Gasteiger partial charge in [-0.05, 0) is 48.3 Å². The van der Waals surface area contributed by atoms with Crippen LogP contribution in [0.1, 0.15) is 24.0 Å². The molecule has 2 aliphatic rings. The van der Waals surface area contributed by atoms with Gasteiger partial charge in [0.1, 0.15) is 11.5 Å². The molecule has 7 rings (SSSR count). The van der Waals surface area contributed by atoms with Crippen LogP contribution >= 0.6 is 23.4 Å². The fraction of sp³-hybridized carbons (Fsp3) is 0.269. The molecule has 1 spiro atoms. The standard InChI is InChI=1S/C26H24ClN7S/c27-21-18(5-8-29-22(21)28)35-19-15-31-23-20(19)24-30-9-12-34(24)25(32-23)33-10-6-26(7-11-33)13-16-3-1-2-4-17(16)14-26/h1-5,8-9,12,15,31H,6-7,10-11,13-14H2,(H2,28,29). The Morgan fingerprint density at radius 2 is 1.77 bits per heavy atom. The van der Waals surface area contributed by atoms with Crippen LogP contribution in [0.25, 0.3) is 16.7 Å². The van der Waals surface area contributed by atoms with Crippen LogP contribution < -0.4 is 10.6 Å². The molecule has 176 valence electrons. The first-order valence-corrected chi connectivity index (χ1v) is 13.0. The lowest BCUT2D eigenvalue weighted by Gasteiger charge is -2.40. The molecule has 0 amide bonds. The number of pyridine rings is 1. The largest absolute Gasteiger partial charge is 0.382 e. The van der Waals surface area contributed by atoms with Gasteiger partial charge in [-0.2, -0.15) is 4.98 Å². The highest BCUT2D eigenvalue weighted by molar-refractivity contribution is 7.99. The third-order valence-electron chi connectivity index (χ3n) is 7.57. The molecule has 1 aliphatic heterocycles. The van der Waals surface area contributed by atoms with Crippen LogP contribution in [0.3, 0.4) is 0 Å². The van der Waals surface area contributed by atoms with E-state index in [4.69, 9.17) is 27.3 Å². The minimum atomic E-state index is 0.330. The third-order valence-corrected chi connectivity index (χ3v) is 9.18. The van der Waals surface area contributed by atoms with Crippen LogP contribution in [-0.2, 0) is 12.8 Å². The van der Waals surface area contributed by atoms with Crippen LogP contribution in [-0.4, -0.2) is 37.4 Å². The van der Waals surface area contributed by atoms with E-state index in [1.165, 1.54) is 36.8 Å². The molecule has 1 aliphatic carbocycles. The predicted molar refractivity (Wildman–Crippen MR) is 140 cm³/mol. The Morgan fingerprint density at radius 3 is 2.54 bits per heavy atom. The monoisotopic (exact) mass is 501 g/mol. The number of nitrogens with one attached hydrogen (secondary N) is 1. The third kappa shape index (κ3) is 3.38. The lowest BCUT2D eigenvalue weighted by Crippen LogP contribution is -2.41. The van der Waals surface area contributed by atoms with Gasteiger partial charge >= 0.3 is 0 Å². The van der Waals surface area contributed by atoms with Crippen molar-refractivity contribution in [1.29, 1.82) is 0 Å². The maximum atomic E-state index is 6.40. The molecule has 0 bridgehead atoms. The molecule has 1 fully saturated rings. The second kappa shape index (κ2) is 7.90. The van der Waals surface area contributed by atoms with E-state index in [-0.39, 0.29) is 0 Å². The Balaban J connectivity index is 1.20. The number of benzene rings is 1. The highest BCUT2D eigenvalue weighted by atomic mass is 35.5. The number of anilines is 2. The van der Waals surface area contributed by atoms with Gasteiger partial charge in [-0.1, -0.05) is 47.6 Å². The van der Waals surface area contributed by atoms with Gasteiger partial charge in [-0.15, -0.1) is 0 Å². The number of hydrogen-bond acceptors (Lipinski definition) is 6. The molecule has 5 aromatic rings. The minimum Gasteiger partial charge on any atom is -0.382 e. The number of nitrogens with two attached hydrogens (primary N) is 1. The molecule has 0 atom stereocenters. The van der Waals surface area contributed by atoms with Crippen molar-refractivity contribution < 1.29 is 0 Å². The number of nitrogen functional groups attached to an aromatic ring is 1. The Hall–Kier alpha value is -3.23. The summed E-state index contributed by atoms with van der Waals surface area (Å²) in [5, 5.41) is 1.45. The molecule has 0 radical (unpaired) electrons. The predicted octanol–water partition coefficient (Wildman–Crippen LogP) is 5.38. The van der Waals surface area contributed by atoms with E-state index in [2.05, 4.69) is 43.5 Å². The van der Waals surface area contributed by atoms with Gasteiger partial charge < -0.3 is 15.6 Å². The number of H-pyrrole nitrogens is 1. The van der Waals surface area contributed by atoms with E-state index in [0.717, 1.165) is 45.5 Å². The molecule has 4 aromatic heterocycles. The van der Waals surface area contributed by atoms with Crippen molar-refractivity contribution in [3.05, 3.63) is 71.3 Å². The molecular formula is C26H24ClN7S. The van der Waals surface area contributed by atoms with Gasteiger partial charge in [0, 0.05) is 47.7 Å². The fourth-order valence-electron chi connectivity index (χ4n) is 5.75. The van der Waals surface area contributed by atoms with Crippen LogP contribution in [0, 0.1) is 5.41 Å². The first-order chi connectivity index (χ1) is 17.1. The van der Waals surface area contributed by atoms with Crippen molar-refractivity contribution in [1.82, 2.24) is 24.3 Å². The van der Waals surface area contributed by atoms with Gasteiger partial charge in [-0.25, -0.2) is 9.97 Å². The number of aromatic amines is 1. The minimum absolute atomic E-state index is 0.330. The molecule has 9 heteroatoms. The lowest BCUT2D eigenvalue weighted by atomic mass is 9.76. The van der Waals surface area contributed by atoms with E-state index in [1.54, 1.807) is 18.0 Å². The first kappa shape index (κ1) is 21.1. The average molecular weight is 502 g/mol. The molecule has 35 heavy (non-hydrogen) atoms. The van der Waals surface area contributed by atoms with Crippen LogP contribution in [0.2, 0.25) is 5.02 Å². The van der Waals surface area contributed by atoms with Crippen LogP contribution in [0.15, 0.2) is 64.9 Å². The normalized spacial score (nSPS) is 17.0. The van der Waals surface area contributed by atoms with Gasteiger partial charge in [0.05, 0.1) is 10.4 Å². The van der Waals surface area contributed by atoms with Crippen molar-refractivity contribution in [3.63, 3.8) is 0 Å². The van der Waals surface area contributed by atoms with Gasteiger partial charge in [-0.3, -0.25) is 4.40 Å². The molecular weight excluding hydrogens is 478 g/mol. The topological polar surface area (TPSA) is 88.1 Å². The molecule has 5 heterocycles. The number of piperidine rings is 1. The van der Waals surface area contributed by atoms with Crippen molar-refractivity contribution >= 4 is 51.8 Å². The Bertz CT molecular complexity index is 1550. The lowest BCUT2D eigenvalue weighted by molar-refractivity contribution is 0.231.